The van der Waals surface area contributed by atoms with Crippen molar-refractivity contribution in [1.82, 2.24) is 19.9 Å². The molecule has 3 heterocycles. The molecule has 1 aliphatic rings. The topological polar surface area (TPSA) is 98.9 Å². The maximum Gasteiger partial charge on any atom is 0.327 e. The van der Waals surface area contributed by atoms with Gasteiger partial charge in [-0.1, -0.05) is 12.1 Å². The number of fused-ring (bicyclic) bond motifs is 1. The van der Waals surface area contributed by atoms with E-state index in [4.69, 9.17) is 0 Å². The molecule has 1 unspecified atom stereocenters. The van der Waals surface area contributed by atoms with Crippen molar-refractivity contribution in [2.24, 2.45) is 0 Å². The van der Waals surface area contributed by atoms with E-state index < -0.39 is 11.2 Å². The van der Waals surface area contributed by atoms with E-state index in [1.54, 1.807) is 17.0 Å². The summed E-state index contributed by atoms with van der Waals surface area (Å²) in [4.78, 5) is 46.6. The zero-order valence-corrected chi connectivity index (χ0v) is 15.1. The fourth-order valence-corrected chi connectivity index (χ4v) is 3.71. The molecule has 3 aromatic rings. The molecule has 1 fully saturated rings. The molecule has 7 nitrogen and oxygen atoms in total. The van der Waals surface area contributed by atoms with Crippen molar-refractivity contribution >= 4 is 16.9 Å². The van der Waals surface area contributed by atoms with Gasteiger partial charge >= 0.3 is 5.69 Å². The Hall–Kier alpha value is -3.29. The number of halogens is 1. The molecular weight excluding hydrogens is 363 g/mol. The van der Waals surface area contributed by atoms with Gasteiger partial charge in [0, 0.05) is 19.3 Å². The fourth-order valence-electron chi connectivity index (χ4n) is 3.71. The molecule has 0 bridgehead atoms. The summed E-state index contributed by atoms with van der Waals surface area (Å²) in [5, 5.41) is 0.171. The largest absolute Gasteiger partial charge is 0.339 e. The Kier molecular flexibility index (Phi) is 4.77. The summed E-state index contributed by atoms with van der Waals surface area (Å²) in [5.41, 5.74) is 0.331. The van der Waals surface area contributed by atoms with Gasteiger partial charge in [0.05, 0.1) is 10.9 Å². The molecule has 144 valence electrons. The van der Waals surface area contributed by atoms with Gasteiger partial charge in [-0.05, 0) is 48.9 Å². The number of aromatic amines is 2. The third kappa shape index (κ3) is 3.58. The molecule has 1 amide bonds. The van der Waals surface area contributed by atoms with Crippen LogP contribution < -0.4 is 11.2 Å². The third-order valence-electron chi connectivity index (χ3n) is 5.19. The summed E-state index contributed by atoms with van der Waals surface area (Å²) in [5.74, 6) is -0.171. The summed E-state index contributed by atoms with van der Waals surface area (Å²) in [7, 11) is 0. The van der Waals surface area contributed by atoms with Crippen LogP contribution in [-0.2, 0) is 0 Å². The van der Waals surface area contributed by atoms with Crippen molar-refractivity contribution in [3.8, 4) is 0 Å². The number of nitrogens with zero attached hydrogens (tertiary/aromatic N) is 2. The summed E-state index contributed by atoms with van der Waals surface area (Å²) < 4.78 is 13.1. The van der Waals surface area contributed by atoms with Crippen molar-refractivity contribution in [2.45, 2.75) is 25.2 Å². The van der Waals surface area contributed by atoms with Gasteiger partial charge in [0.2, 0.25) is 0 Å². The van der Waals surface area contributed by atoms with E-state index in [0.29, 0.717) is 18.7 Å². The van der Waals surface area contributed by atoms with Crippen molar-refractivity contribution in [3.05, 3.63) is 74.3 Å². The number of pyridine rings is 1. The summed E-state index contributed by atoms with van der Waals surface area (Å²) in [6.07, 6.45) is 3.92. The molecule has 2 aromatic heterocycles. The second kappa shape index (κ2) is 7.38. The fraction of sp³-hybridized carbons (Fsp3) is 0.300. The number of rotatable bonds is 2. The van der Waals surface area contributed by atoms with E-state index in [9.17, 15) is 18.8 Å². The van der Waals surface area contributed by atoms with Gasteiger partial charge in [-0.2, -0.15) is 0 Å². The Bertz CT molecular complexity index is 1140. The summed E-state index contributed by atoms with van der Waals surface area (Å²) >= 11 is 0. The second-order valence-corrected chi connectivity index (χ2v) is 7.00. The number of aromatic nitrogens is 3. The molecule has 0 radical (unpaired) electrons. The summed E-state index contributed by atoms with van der Waals surface area (Å²) in [6.45, 7) is 1.18. The molecule has 4 rings (SSSR count). The van der Waals surface area contributed by atoms with Crippen molar-refractivity contribution in [3.63, 3.8) is 0 Å². The average Bonchev–Trinajstić information content (AvgIpc) is 2.94. The van der Waals surface area contributed by atoms with Crippen LogP contribution >= 0.6 is 0 Å². The Morgan fingerprint density at radius 1 is 1.11 bits per heavy atom. The van der Waals surface area contributed by atoms with E-state index in [1.165, 1.54) is 24.4 Å². The minimum atomic E-state index is -0.636. The zero-order chi connectivity index (χ0) is 19.7. The van der Waals surface area contributed by atoms with Crippen molar-refractivity contribution < 1.29 is 9.18 Å². The normalized spacial score (nSPS) is 17.5. The molecule has 8 heteroatoms. The van der Waals surface area contributed by atoms with Gasteiger partial charge in [-0.25, -0.2) is 14.2 Å². The number of likely N-dealkylation sites (tertiary alicyclic amines) is 1. The Morgan fingerprint density at radius 3 is 2.68 bits per heavy atom. The lowest BCUT2D eigenvalue weighted by atomic mass is 9.92. The van der Waals surface area contributed by atoms with Crippen molar-refractivity contribution in [1.29, 1.82) is 0 Å². The predicted octanol–water partition coefficient (Wildman–Crippen LogP) is 2.16. The van der Waals surface area contributed by atoms with Gasteiger partial charge in [0.15, 0.2) is 0 Å². The number of carbonyl (C=O) groups is 1. The lowest BCUT2D eigenvalue weighted by Crippen LogP contribution is -2.32. The monoisotopic (exact) mass is 382 g/mol. The number of carbonyl (C=O) groups excluding carboxylic acids is 1. The molecule has 1 saturated heterocycles. The van der Waals surface area contributed by atoms with E-state index in [2.05, 4.69) is 15.0 Å². The Balaban J connectivity index is 1.53. The van der Waals surface area contributed by atoms with Gasteiger partial charge in [-0.3, -0.25) is 19.6 Å². The van der Waals surface area contributed by atoms with Gasteiger partial charge in [0.1, 0.15) is 11.5 Å². The van der Waals surface area contributed by atoms with Crippen LogP contribution in [-0.4, -0.2) is 38.8 Å². The van der Waals surface area contributed by atoms with Crippen LogP contribution in [0.15, 0.2) is 46.1 Å². The first-order chi connectivity index (χ1) is 13.5. The minimum absolute atomic E-state index is 0.151. The van der Waals surface area contributed by atoms with Crippen LogP contribution in [0.1, 0.15) is 41.1 Å². The molecule has 0 aliphatic carbocycles. The second-order valence-electron chi connectivity index (χ2n) is 7.00. The first kappa shape index (κ1) is 18.1. The number of H-pyrrole nitrogens is 2. The number of nitrogens with one attached hydrogen (secondary N) is 2. The van der Waals surface area contributed by atoms with Crippen LogP contribution in [0.3, 0.4) is 0 Å². The number of amides is 1. The molecular formula is C20H19FN4O3. The standard InChI is InChI=1S/C20H19FN4O3/c21-15-5-3-13(4-6-15)12-2-1-8-25(9-7-12)19(27)14-10-16-17(22-11-14)23-20(28)24-18(16)26/h3-6,10-12H,1-2,7-9H2,(H2,22,23,24,26,28). The predicted molar refractivity (Wildman–Crippen MR) is 102 cm³/mol. The van der Waals surface area contributed by atoms with E-state index >= 15 is 0 Å². The Morgan fingerprint density at radius 2 is 1.89 bits per heavy atom. The number of benzene rings is 1. The molecule has 1 atom stereocenters. The highest BCUT2D eigenvalue weighted by atomic mass is 19.1. The van der Waals surface area contributed by atoms with E-state index in [-0.39, 0.29) is 28.7 Å². The smallest absolute Gasteiger partial charge is 0.327 e. The molecule has 1 aliphatic heterocycles. The van der Waals surface area contributed by atoms with Crippen LogP contribution in [0.25, 0.3) is 11.0 Å². The Labute approximate surface area is 159 Å². The molecule has 1 aromatic carbocycles. The number of hydrogen-bond donors (Lipinski definition) is 2. The van der Waals surface area contributed by atoms with Crippen LogP contribution in [0.5, 0.6) is 0 Å². The molecule has 0 saturated carbocycles. The molecule has 0 spiro atoms. The maximum absolute atomic E-state index is 13.1. The van der Waals surface area contributed by atoms with Crippen LogP contribution in [0.2, 0.25) is 0 Å². The van der Waals surface area contributed by atoms with E-state index in [0.717, 1.165) is 24.8 Å². The average molecular weight is 382 g/mol. The van der Waals surface area contributed by atoms with Gasteiger partial charge in [0.25, 0.3) is 11.5 Å². The maximum atomic E-state index is 13.1. The first-order valence-electron chi connectivity index (χ1n) is 9.18. The number of hydrogen-bond acceptors (Lipinski definition) is 4. The lowest BCUT2D eigenvalue weighted by molar-refractivity contribution is 0.0761. The molecule has 28 heavy (non-hydrogen) atoms. The zero-order valence-electron chi connectivity index (χ0n) is 15.1. The molecule has 2 N–H and O–H groups in total. The van der Waals surface area contributed by atoms with Crippen LogP contribution in [0, 0.1) is 5.82 Å². The third-order valence-corrected chi connectivity index (χ3v) is 5.19. The minimum Gasteiger partial charge on any atom is -0.339 e. The quantitative estimate of drug-likeness (QED) is 0.709. The van der Waals surface area contributed by atoms with Crippen molar-refractivity contribution in [2.75, 3.05) is 13.1 Å². The highest BCUT2D eigenvalue weighted by Gasteiger charge is 2.23. The summed E-state index contributed by atoms with van der Waals surface area (Å²) in [6, 6.07) is 7.99. The van der Waals surface area contributed by atoms with E-state index in [1.807, 2.05) is 0 Å². The van der Waals surface area contributed by atoms with Gasteiger partial charge in [-0.15, -0.1) is 0 Å². The SMILES string of the molecule is O=C(c1cnc2[nH]c(=O)[nH]c(=O)c2c1)N1CCCC(c2ccc(F)cc2)CC1. The lowest BCUT2D eigenvalue weighted by Gasteiger charge is -2.21. The van der Waals surface area contributed by atoms with Gasteiger partial charge < -0.3 is 4.90 Å². The van der Waals surface area contributed by atoms with Crippen LogP contribution in [0.4, 0.5) is 4.39 Å². The first-order valence-corrected chi connectivity index (χ1v) is 9.18. The highest BCUT2D eigenvalue weighted by Crippen LogP contribution is 2.28. The highest BCUT2D eigenvalue weighted by molar-refractivity contribution is 5.96.